The summed E-state index contributed by atoms with van der Waals surface area (Å²) in [7, 11) is -3.65. The van der Waals surface area contributed by atoms with Crippen molar-refractivity contribution in [2.24, 2.45) is 5.92 Å². The van der Waals surface area contributed by atoms with Crippen LogP contribution in [0, 0.1) is 5.92 Å². The van der Waals surface area contributed by atoms with Crippen LogP contribution in [0.4, 0.5) is 5.69 Å². The molecule has 0 unspecified atom stereocenters. The normalized spacial score (nSPS) is 17.8. The van der Waals surface area contributed by atoms with E-state index in [9.17, 15) is 18.0 Å². The molecule has 9 heteroatoms. The Bertz CT molecular complexity index is 1100. The van der Waals surface area contributed by atoms with E-state index in [1.165, 1.54) is 27.0 Å². The van der Waals surface area contributed by atoms with Crippen LogP contribution in [0.25, 0.3) is 0 Å². The molecule has 0 atom stereocenters. The van der Waals surface area contributed by atoms with Gasteiger partial charge in [-0.25, -0.2) is 8.42 Å². The van der Waals surface area contributed by atoms with Crippen molar-refractivity contribution in [3.05, 3.63) is 54.1 Å². The van der Waals surface area contributed by atoms with Crippen LogP contribution in [0.3, 0.4) is 0 Å². The number of sulfonamides is 1. The number of nitrogens with one attached hydrogen (secondary N) is 1. The lowest BCUT2D eigenvalue weighted by molar-refractivity contribution is -0.123. The highest BCUT2D eigenvalue weighted by Gasteiger charge is 2.32. The van der Waals surface area contributed by atoms with E-state index in [2.05, 4.69) is 12.2 Å². The van der Waals surface area contributed by atoms with Crippen molar-refractivity contribution in [2.75, 3.05) is 30.3 Å². The summed E-state index contributed by atoms with van der Waals surface area (Å²) in [6, 6.07) is 14.4. The summed E-state index contributed by atoms with van der Waals surface area (Å²) in [5.74, 6) is 0.232. The summed E-state index contributed by atoms with van der Waals surface area (Å²) in [6.45, 7) is 3.35. The molecule has 0 spiro atoms. The van der Waals surface area contributed by atoms with Gasteiger partial charge in [-0.1, -0.05) is 37.3 Å². The Hall–Kier alpha value is -2.36. The van der Waals surface area contributed by atoms with Gasteiger partial charge in [-0.15, -0.1) is 11.8 Å². The Kier molecular flexibility index (Phi) is 6.88. The maximum absolute atomic E-state index is 13.2. The predicted octanol–water partition coefficient (Wildman–Crippen LogP) is 2.86. The zero-order valence-corrected chi connectivity index (χ0v) is 19.6. The molecule has 2 aliphatic heterocycles. The minimum absolute atomic E-state index is 0.149. The maximum atomic E-state index is 13.2. The van der Waals surface area contributed by atoms with E-state index in [1.54, 1.807) is 12.1 Å². The first-order valence-electron chi connectivity index (χ1n) is 10.7. The van der Waals surface area contributed by atoms with Crippen LogP contribution in [-0.4, -0.2) is 49.9 Å². The van der Waals surface area contributed by atoms with E-state index in [4.69, 9.17) is 0 Å². The lowest BCUT2D eigenvalue weighted by atomic mass is 10.0. The summed E-state index contributed by atoms with van der Waals surface area (Å²) in [5, 5.41) is 2.83. The van der Waals surface area contributed by atoms with Crippen molar-refractivity contribution < 1.29 is 18.0 Å². The number of hydrogen-bond acceptors (Lipinski definition) is 5. The van der Waals surface area contributed by atoms with Crippen molar-refractivity contribution in [3.63, 3.8) is 0 Å². The molecule has 1 saturated heterocycles. The molecule has 2 aromatic rings. The van der Waals surface area contributed by atoms with Crippen molar-refractivity contribution in [3.8, 4) is 0 Å². The first-order chi connectivity index (χ1) is 15.3. The van der Waals surface area contributed by atoms with Crippen LogP contribution in [0.2, 0.25) is 0 Å². The van der Waals surface area contributed by atoms with Crippen LogP contribution < -0.4 is 10.2 Å². The number of thioether (sulfide) groups is 1. The minimum Gasteiger partial charge on any atom is -0.350 e. The second kappa shape index (κ2) is 9.64. The number of carbonyl (C=O) groups excluding carboxylic acids is 2. The second-order valence-corrected chi connectivity index (χ2v) is 11.2. The number of benzene rings is 2. The van der Waals surface area contributed by atoms with Gasteiger partial charge < -0.3 is 10.2 Å². The molecule has 0 aromatic heterocycles. The van der Waals surface area contributed by atoms with E-state index in [1.807, 2.05) is 30.3 Å². The van der Waals surface area contributed by atoms with E-state index in [-0.39, 0.29) is 29.0 Å². The first-order valence-corrected chi connectivity index (χ1v) is 13.1. The standard InChI is InChI=1S/C23H27N3O4S2/c1-17-9-11-25(12-10-17)32(29,30)19-7-8-21-20(13-19)26(23(28)16-31-21)15-22(27)24-14-18-5-3-2-4-6-18/h2-8,13,17H,9-12,14-16H2,1H3,(H,24,27). The summed E-state index contributed by atoms with van der Waals surface area (Å²) in [6.07, 6.45) is 1.68. The molecule has 1 N–H and O–H groups in total. The number of piperidine rings is 1. The van der Waals surface area contributed by atoms with Crippen molar-refractivity contribution in [2.45, 2.75) is 36.1 Å². The summed E-state index contributed by atoms with van der Waals surface area (Å²) in [5.41, 5.74) is 1.44. The molecule has 7 nitrogen and oxygen atoms in total. The van der Waals surface area contributed by atoms with E-state index >= 15 is 0 Å². The number of carbonyl (C=O) groups is 2. The molecule has 32 heavy (non-hydrogen) atoms. The van der Waals surface area contributed by atoms with Gasteiger partial charge in [0.05, 0.1) is 16.3 Å². The molecule has 2 amide bonds. The summed E-state index contributed by atoms with van der Waals surface area (Å²) in [4.78, 5) is 27.5. The lowest BCUT2D eigenvalue weighted by Crippen LogP contribution is -2.43. The Morgan fingerprint density at radius 3 is 2.56 bits per heavy atom. The van der Waals surface area contributed by atoms with Gasteiger partial charge in [0.25, 0.3) is 0 Å². The fourth-order valence-electron chi connectivity index (χ4n) is 3.89. The summed E-state index contributed by atoms with van der Waals surface area (Å²) < 4.78 is 27.9. The van der Waals surface area contributed by atoms with Crippen molar-refractivity contribution in [1.29, 1.82) is 0 Å². The van der Waals surface area contributed by atoms with Gasteiger partial charge in [-0.3, -0.25) is 9.59 Å². The van der Waals surface area contributed by atoms with Crippen LogP contribution in [0.5, 0.6) is 0 Å². The molecule has 4 rings (SSSR count). The Labute approximate surface area is 193 Å². The third-order valence-electron chi connectivity index (χ3n) is 5.89. The monoisotopic (exact) mass is 473 g/mol. The zero-order chi connectivity index (χ0) is 22.7. The number of anilines is 1. The smallest absolute Gasteiger partial charge is 0.243 e. The molecule has 2 heterocycles. The van der Waals surface area contributed by atoms with Gasteiger partial charge in [0, 0.05) is 24.5 Å². The fourth-order valence-corrected chi connectivity index (χ4v) is 6.29. The SMILES string of the molecule is CC1CCN(S(=O)(=O)c2ccc3c(c2)N(CC(=O)NCc2ccccc2)C(=O)CS3)CC1. The Morgan fingerprint density at radius 2 is 1.84 bits per heavy atom. The third-order valence-corrected chi connectivity index (χ3v) is 8.83. The van der Waals surface area contributed by atoms with E-state index in [0.717, 1.165) is 23.3 Å². The molecule has 0 aliphatic carbocycles. The number of amides is 2. The number of rotatable bonds is 6. The predicted molar refractivity (Wildman–Crippen MR) is 125 cm³/mol. The third kappa shape index (κ3) is 5.00. The highest BCUT2D eigenvalue weighted by molar-refractivity contribution is 8.00. The molecule has 2 aromatic carbocycles. The van der Waals surface area contributed by atoms with E-state index in [0.29, 0.717) is 31.2 Å². The Morgan fingerprint density at radius 1 is 1.12 bits per heavy atom. The largest absolute Gasteiger partial charge is 0.350 e. The molecule has 2 aliphatic rings. The van der Waals surface area contributed by atoms with Crippen molar-refractivity contribution in [1.82, 2.24) is 9.62 Å². The molecule has 0 bridgehead atoms. The van der Waals surface area contributed by atoms with Gasteiger partial charge in [-0.2, -0.15) is 4.31 Å². The molecule has 0 saturated carbocycles. The lowest BCUT2D eigenvalue weighted by Gasteiger charge is -2.31. The first kappa shape index (κ1) is 22.8. The highest BCUT2D eigenvalue weighted by atomic mass is 32.2. The number of hydrogen-bond donors (Lipinski definition) is 1. The topological polar surface area (TPSA) is 86.8 Å². The number of fused-ring (bicyclic) bond motifs is 1. The van der Waals surface area contributed by atoms with Crippen LogP contribution in [0.1, 0.15) is 25.3 Å². The van der Waals surface area contributed by atoms with E-state index < -0.39 is 10.0 Å². The van der Waals surface area contributed by atoms with Gasteiger partial charge in [0.2, 0.25) is 21.8 Å². The zero-order valence-electron chi connectivity index (χ0n) is 18.0. The highest BCUT2D eigenvalue weighted by Crippen LogP contribution is 2.37. The van der Waals surface area contributed by atoms with Crippen molar-refractivity contribution >= 4 is 39.3 Å². The van der Waals surface area contributed by atoms with Crippen LogP contribution in [-0.2, 0) is 26.2 Å². The molecule has 170 valence electrons. The quantitative estimate of drug-likeness (QED) is 0.697. The van der Waals surface area contributed by atoms with Crippen LogP contribution >= 0.6 is 11.8 Å². The van der Waals surface area contributed by atoms with Gasteiger partial charge >= 0.3 is 0 Å². The molecular weight excluding hydrogens is 446 g/mol. The molecule has 0 radical (unpaired) electrons. The van der Waals surface area contributed by atoms with Gasteiger partial charge in [0.1, 0.15) is 6.54 Å². The number of nitrogens with zero attached hydrogens (tertiary/aromatic N) is 2. The van der Waals surface area contributed by atoms with Crippen LogP contribution in [0.15, 0.2) is 58.3 Å². The molecule has 1 fully saturated rings. The minimum atomic E-state index is -3.65. The average molecular weight is 474 g/mol. The van der Waals surface area contributed by atoms with Gasteiger partial charge in [0.15, 0.2) is 0 Å². The Balaban J connectivity index is 1.52. The average Bonchev–Trinajstić information content (AvgIpc) is 2.80. The fraction of sp³-hybridized carbons (Fsp3) is 0.391. The maximum Gasteiger partial charge on any atom is 0.243 e. The summed E-state index contributed by atoms with van der Waals surface area (Å²) >= 11 is 1.36. The van der Waals surface area contributed by atoms with Gasteiger partial charge in [-0.05, 0) is 42.5 Å². The second-order valence-electron chi connectivity index (χ2n) is 8.25. The molecular formula is C23H27N3O4S2.